The summed E-state index contributed by atoms with van der Waals surface area (Å²) >= 11 is 0. The summed E-state index contributed by atoms with van der Waals surface area (Å²) in [6.07, 6.45) is 4.75. The van der Waals surface area contributed by atoms with Crippen LogP contribution in [0.15, 0.2) is 11.1 Å². The lowest BCUT2D eigenvalue weighted by Gasteiger charge is -2.57. The van der Waals surface area contributed by atoms with E-state index in [4.69, 9.17) is 9.47 Å². The van der Waals surface area contributed by atoms with E-state index in [0.29, 0.717) is 10.9 Å². The van der Waals surface area contributed by atoms with Gasteiger partial charge in [0.05, 0.1) is 30.6 Å². The van der Waals surface area contributed by atoms with Gasteiger partial charge in [-0.1, -0.05) is 0 Å². The van der Waals surface area contributed by atoms with Crippen molar-refractivity contribution < 1.29 is 17.9 Å². The highest BCUT2D eigenvalue weighted by Crippen LogP contribution is 2.48. The highest BCUT2D eigenvalue weighted by molar-refractivity contribution is 7.91. The fourth-order valence-electron chi connectivity index (χ4n) is 5.68. The van der Waals surface area contributed by atoms with Crippen LogP contribution >= 0.6 is 0 Å². The van der Waals surface area contributed by atoms with Gasteiger partial charge in [-0.25, -0.2) is 8.42 Å². The van der Waals surface area contributed by atoms with Crippen LogP contribution in [0.5, 0.6) is 0 Å². The van der Waals surface area contributed by atoms with Gasteiger partial charge in [-0.3, -0.25) is 9.58 Å². The molecule has 160 valence electrons. The number of piperidine rings is 1. The number of likely N-dealkylation sites (tertiary alicyclic amines) is 1. The molecule has 1 aromatic heterocycles. The van der Waals surface area contributed by atoms with Crippen molar-refractivity contribution in [1.29, 1.82) is 0 Å². The van der Waals surface area contributed by atoms with E-state index in [1.54, 1.807) is 17.8 Å². The van der Waals surface area contributed by atoms with Crippen LogP contribution in [0.3, 0.4) is 0 Å². The number of rotatable bonds is 4. The summed E-state index contributed by atoms with van der Waals surface area (Å²) in [5.74, 6) is 0.426. The quantitative estimate of drug-likeness (QED) is 0.762. The molecule has 4 saturated heterocycles. The predicted molar refractivity (Wildman–Crippen MR) is 105 cm³/mol. The molecule has 0 amide bonds. The van der Waals surface area contributed by atoms with Crippen molar-refractivity contribution in [3.63, 3.8) is 0 Å². The highest BCUT2D eigenvalue weighted by Gasteiger charge is 2.59. The Kier molecular flexibility index (Phi) is 4.05. The molecule has 5 heterocycles. The second kappa shape index (κ2) is 6.26. The number of sulfone groups is 1. The molecule has 9 heteroatoms. The molecule has 0 radical (unpaired) electrons. The first-order chi connectivity index (χ1) is 13.9. The zero-order chi connectivity index (χ0) is 19.9. The number of hydrogen-bond acceptors (Lipinski definition) is 7. The van der Waals surface area contributed by atoms with Gasteiger partial charge < -0.3 is 14.8 Å². The van der Waals surface area contributed by atoms with Crippen LogP contribution in [0.4, 0.5) is 0 Å². The zero-order valence-corrected chi connectivity index (χ0v) is 17.8. The van der Waals surface area contributed by atoms with Crippen LogP contribution in [0.2, 0.25) is 0 Å². The molecule has 5 aliphatic rings. The van der Waals surface area contributed by atoms with E-state index in [-0.39, 0.29) is 17.1 Å². The molecule has 1 N–H and O–H groups in total. The summed E-state index contributed by atoms with van der Waals surface area (Å²) in [6.45, 7) is 5.20. The van der Waals surface area contributed by atoms with Crippen molar-refractivity contribution >= 4 is 9.84 Å². The molecule has 29 heavy (non-hydrogen) atoms. The maximum atomic E-state index is 13.8. The van der Waals surface area contributed by atoms with Gasteiger partial charge >= 0.3 is 0 Å². The van der Waals surface area contributed by atoms with Crippen LogP contribution in [0.25, 0.3) is 0 Å². The maximum Gasteiger partial charge on any atom is 0.223 e. The Morgan fingerprint density at radius 3 is 2.55 bits per heavy atom. The molecule has 5 fully saturated rings. The normalized spacial score (nSPS) is 33.7. The van der Waals surface area contributed by atoms with Gasteiger partial charge in [0, 0.05) is 31.5 Å². The van der Waals surface area contributed by atoms with Crippen molar-refractivity contribution in [3.05, 3.63) is 11.8 Å². The van der Waals surface area contributed by atoms with Crippen LogP contribution in [-0.2, 0) is 26.4 Å². The third kappa shape index (κ3) is 2.92. The van der Waals surface area contributed by atoms with Gasteiger partial charge in [-0.05, 0) is 51.3 Å². The van der Waals surface area contributed by atoms with Crippen molar-refractivity contribution in [2.24, 2.45) is 12.5 Å². The summed E-state index contributed by atoms with van der Waals surface area (Å²) in [5, 5.41) is 8.20. The first kappa shape index (κ1) is 18.7. The number of nitrogens with one attached hydrogen (secondary N) is 1. The monoisotopic (exact) mass is 422 g/mol. The fraction of sp³-hybridized carbons (Fsp3) is 0.850. The van der Waals surface area contributed by atoms with E-state index in [1.807, 2.05) is 0 Å². The van der Waals surface area contributed by atoms with E-state index in [2.05, 4.69) is 15.3 Å². The predicted octanol–water partition coefficient (Wildman–Crippen LogP) is 0.641. The average Bonchev–Trinajstić information content (AvgIpc) is 3.30. The van der Waals surface area contributed by atoms with Gasteiger partial charge in [0.25, 0.3) is 0 Å². The Balaban J connectivity index is 1.32. The number of ether oxygens (including phenoxy) is 2. The third-order valence-electron chi connectivity index (χ3n) is 7.59. The Hall–Kier alpha value is -1.00. The molecule has 1 saturated carbocycles. The second-order valence-corrected chi connectivity index (χ2v) is 11.9. The maximum absolute atomic E-state index is 13.8. The number of nitrogens with zero attached hydrogens (tertiary/aromatic N) is 3. The van der Waals surface area contributed by atoms with Crippen LogP contribution < -0.4 is 5.32 Å². The molecular formula is C20H30N4O4S. The van der Waals surface area contributed by atoms with Crippen LogP contribution in [0, 0.1) is 5.41 Å². The molecule has 6 rings (SSSR count). The summed E-state index contributed by atoms with van der Waals surface area (Å²) in [5.41, 5.74) is 0.0157. The largest absolute Gasteiger partial charge is 0.380 e. The molecule has 0 aromatic carbocycles. The van der Waals surface area contributed by atoms with E-state index in [0.717, 1.165) is 77.2 Å². The minimum atomic E-state index is -3.64. The molecule has 8 nitrogen and oxygen atoms in total. The standard InChI is InChI=1S/C20H30N4O4S/c1-23-17(8-15(22-23)14-2-3-14)29(25,26)18-16(24-10-19(11-24)12-27-13-19)9-20(28-18)4-6-21-7-5-20/h8,14,16,18,21H,2-7,9-13H2,1H3. The van der Waals surface area contributed by atoms with E-state index in [9.17, 15) is 8.42 Å². The molecule has 2 spiro atoms. The SMILES string of the molecule is Cn1nc(C2CC2)cc1S(=O)(=O)C1OC2(CCNCC2)CC1N1CC2(COC2)C1. The summed E-state index contributed by atoms with van der Waals surface area (Å²) in [6, 6.07) is 1.70. The summed E-state index contributed by atoms with van der Waals surface area (Å²) in [4.78, 5) is 2.33. The van der Waals surface area contributed by atoms with Gasteiger partial charge in [-0.15, -0.1) is 0 Å². The van der Waals surface area contributed by atoms with Crippen molar-refractivity contribution in [2.45, 2.75) is 60.1 Å². The minimum Gasteiger partial charge on any atom is -0.380 e. The van der Waals surface area contributed by atoms with Crippen molar-refractivity contribution in [1.82, 2.24) is 20.0 Å². The lowest BCUT2D eigenvalue weighted by atomic mass is 9.76. The lowest BCUT2D eigenvalue weighted by molar-refractivity contribution is -0.199. The smallest absolute Gasteiger partial charge is 0.223 e. The number of aryl methyl sites for hydroxylation is 1. The first-order valence-electron chi connectivity index (χ1n) is 10.9. The van der Waals surface area contributed by atoms with Gasteiger partial charge in [0.15, 0.2) is 10.5 Å². The molecule has 1 aromatic rings. The van der Waals surface area contributed by atoms with Crippen molar-refractivity contribution in [2.75, 3.05) is 39.4 Å². The topological polar surface area (TPSA) is 85.7 Å². The summed E-state index contributed by atoms with van der Waals surface area (Å²) in [7, 11) is -1.90. The van der Waals surface area contributed by atoms with Gasteiger partial charge in [0.2, 0.25) is 9.84 Å². The molecule has 0 bridgehead atoms. The first-order valence-corrected chi connectivity index (χ1v) is 12.4. The summed E-state index contributed by atoms with van der Waals surface area (Å²) < 4.78 is 41.0. The third-order valence-corrected chi connectivity index (χ3v) is 9.57. The fourth-order valence-corrected chi connectivity index (χ4v) is 7.63. The Bertz CT molecular complexity index is 907. The molecule has 2 unspecified atom stereocenters. The van der Waals surface area contributed by atoms with E-state index < -0.39 is 15.3 Å². The van der Waals surface area contributed by atoms with E-state index >= 15 is 0 Å². The Morgan fingerprint density at radius 2 is 1.93 bits per heavy atom. The molecule has 4 aliphatic heterocycles. The van der Waals surface area contributed by atoms with Crippen LogP contribution in [-0.4, -0.2) is 79.6 Å². The Labute approximate surface area is 171 Å². The average molecular weight is 423 g/mol. The van der Waals surface area contributed by atoms with E-state index in [1.165, 1.54) is 0 Å². The highest BCUT2D eigenvalue weighted by atomic mass is 32.2. The lowest BCUT2D eigenvalue weighted by Crippen LogP contribution is -2.69. The van der Waals surface area contributed by atoms with Gasteiger partial charge in [-0.2, -0.15) is 5.10 Å². The molecule has 2 atom stereocenters. The molecule has 1 aliphatic carbocycles. The number of hydrogen-bond donors (Lipinski definition) is 1. The minimum absolute atomic E-state index is 0.0939. The zero-order valence-electron chi connectivity index (χ0n) is 17.0. The van der Waals surface area contributed by atoms with Gasteiger partial charge in [0.1, 0.15) is 0 Å². The Morgan fingerprint density at radius 1 is 1.21 bits per heavy atom. The number of aromatic nitrogens is 2. The van der Waals surface area contributed by atoms with Crippen molar-refractivity contribution in [3.8, 4) is 0 Å². The molecular weight excluding hydrogens is 392 g/mol. The van der Waals surface area contributed by atoms with Crippen LogP contribution in [0.1, 0.15) is 43.7 Å². The second-order valence-electron chi connectivity index (χ2n) is 9.94.